The number of rotatable bonds is 3. The fourth-order valence-electron chi connectivity index (χ4n) is 3.70. The molecule has 0 spiro atoms. The Morgan fingerprint density at radius 1 is 1.07 bits per heavy atom. The van der Waals surface area contributed by atoms with Crippen molar-refractivity contribution in [3.8, 4) is 28.6 Å². The second kappa shape index (κ2) is 6.24. The van der Waals surface area contributed by atoms with Crippen LogP contribution in [0, 0.1) is 0 Å². The first-order valence-electron chi connectivity index (χ1n) is 8.89. The Morgan fingerprint density at radius 2 is 1.82 bits per heavy atom. The second-order valence-corrected chi connectivity index (χ2v) is 6.53. The summed E-state index contributed by atoms with van der Waals surface area (Å²) in [5, 5.41) is 1.90. The summed E-state index contributed by atoms with van der Waals surface area (Å²) in [6.07, 6.45) is 3.46. The molecule has 5 rings (SSSR count). The molecule has 140 valence electrons. The van der Waals surface area contributed by atoms with Gasteiger partial charge in [0.1, 0.15) is 5.82 Å². The van der Waals surface area contributed by atoms with Crippen LogP contribution in [0.2, 0.25) is 0 Å². The number of hydrogen-bond acceptors (Lipinski definition) is 6. The largest absolute Gasteiger partial charge is 0.493 e. The van der Waals surface area contributed by atoms with E-state index in [1.807, 2.05) is 47.5 Å². The van der Waals surface area contributed by atoms with E-state index in [1.54, 1.807) is 26.5 Å². The normalized spacial score (nSPS) is 14.7. The minimum Gasteiger partial charge on any atom is -0.493 e. The van der Waals surface area contributed by atoms with Gasteiger partial charge in [-0.05, 0) is 6.07 Å². The molecule has 1 aromatic heterocycles. The quantitative estimate of drug-likeness (QED) is 0.760. The number of fused-ring (bicyclic) bond motifs is 6. The van der Waals surface area contributed by atoms with E-state index in [4.69, 9.17) is 9.47 Å². The standard InChI is InChI=1S/C21H18N4O3/c1-27-18-9-15-16(10-19(18)28-2)24-20(25-17(15)8-14(26)11-23-25)12-22-21(24)13-6-4-3-5-7-13/h3-10,12,23H,11H2,1-2H3. The van der Waals surface area contributed by atoms with E-state index in [0.717, 1.165) is 34.2 Å². The number of hydrazine groups is 1. The van der Waals surface area contributed by atoms with Gasteiger partial charge in [-0.25, -0.2) is 10.4 Å². The lowest BCUT2D eigenvalue weighted by molar-refractivity contribution is -0.114. The molecule has 2 aromatic carbocycles. The van der Waals surface area contributed by atoms with Crippen molar-refractivity contribution in [2.24, 2.45) is 0 Å². The number of hydrogen-bond donors (Lipinski definition) is 1. The number of carbonyl (C=O) groups excluding carboxylic acids is 1. The number of carbonyl (C=O) groups is 1. The van der Waals surface area contributed by atoms with Gasteiger partial charge in [-0.1, -0.05) is 30.3 Å². The number of methoxy groups -OCH3 is 2. The zero-order valence-corrected chi connectivity index (χ0v) is 15.5. The Kier molecular flexibility index (Phi) is 3.70. The average Bonchev–Trinajstić information content (AvgIpc) is 3.18. The maximum Gasteiger partial charge on any atom is 0.173 e. The molecule has 0 saturated carbocycles. The summed E-state index contributed by atoms with van der Waals surface area (Å²) in [7, 11) is 3.21. The molecule has 0 aliphatic carbocycles. The van der Waals surface area contributed by atoms with E-state index in [1.165, 1.54) is 0 Å². The van der Waals surface area contributed by atoms with Gasteiger partial charge >= 0.3 is 0 Å². The van der Waals surface area contributed by atoms with Gasteiger partial charge in [0.2, 0.25) is 0 Å². The van der Waals surface area contributed by atoms with Crippen LogP contribution in [-0.2, 0) is 4.79 Å². The highest BCUT2D eigenvalue weighted by Gasteiger charge is 2.33. The molecule has 0 atom stereocenters. The van der Waals surface area contributed by atoms with Crippen LogP contribution in [0.15, 0.2) is 54.7 Å². The Morgan fingerprint density at radius 3 is 2.57 bits per heavy atom. The Balaban J connectivity index is 1.83. The van der Waals surface area contributed by atoms with E-state index < -0.39 is 0 Å². The number of nitrogens with one attached hydrogen (secondary N) is 1. The number of ketones is 1. The van der Waals surface area contributed by atoms with Gasteiger partial charge in [0.15, 0.2) is 23.1 Å². The summed E-state index contributed by atoms with van der Waals surface area (Å²) in [5.41, 5.74) is 6.68. The third-order valence-corrected chi connectivity index (χ3v) is 4.97. The molecule has 1 N–H and O–H groups in total. The molecule has 0 saturated heterocycles. The van der Waals surface area contributed by atoms with Crippen molar-refractivity contribution < 1.29 is 14.3 Å². The molecule has 0 amide bonds. The van der Waals surface area contributed by atoms with Gasteiger partial charge in [0, 0.05) is 23.3 Å². The molecular formula is C21H18N4O3. The molecule has 0 bridgehead atoms. The molecule has 7 nitrogen and oxygen atoms in total. The molecule has 0 radical (unpaired) electrons. The van der Waals surface area contributed by atoms with Gasteiger partial charge in [-0.3, -0.25) is 14.4 Å². The predicted octanol–water partition coefficient (Wildman–Crippen LogP) is 2.80. The lowest BCUT2D eigenvalue weighted by Gasteiger charge is -2.36. The summed E-state index contributed by atoms with van der Waals surface area (Å²) in [5.74, 6) is 2.87. The minimum absolute atomic E-state index is 0.0169. The van der Waals surface area contributed by atoms with Crippen LogP contribution in [0.4, 0.5) is 5.82 Å². The summed E-state index contributed by atoms with van der Waals surface area (Å²) in [4.78, 5) is 16.8. The van der Waals surface area contributed by atoms with Gasteiger partial charge in [0.05, 0.1) is 38.3 Å². The fraction of sp³-hybridized carbons (Fsp3) is 0.143. The first kappa shape index (κ1) is 16.6. The van der Waals surface area contributed by atoms with Crippen molar-refractivity contribution in [3.05, 3.63) is 60.3 Å². The SMILES string of the molecule is COc1cc2c(cc1OC)-n1c(cnc1-c1ccccc1)N1NCC(=O)C=C21. The van der Waals surface area contributed by atoms with Gasteiger partial charge < -0.3 is 9.47 Å². The molecule has 2 aliphatic rings. The van der Waals surface area contributed by atoms with E-state index in [-0.39, 0.29) is 12.3 Å². The smallest absolute Gasteiger partial charge is 0.173 e. The van der Waals surface area contributed by atoms with Crippen LogP contribution >= 0.6 is 0 Å². The number of anilines is 1. The van der Waals surface area contributed by atoms with Crippen molar-refractivity contribution in [3.63, 3.8) is 0 Å². The third kappa shape index (κ3) is 2.33. The number of ether oxygens (including phenoxy) is 2. The first-order chi connectivity index (χ1) is 13.7. The van der Waals surface area contributed by atoms with E-state index in [9.17, 15) is 4.79 Å². The molecule has 2 aliphatic heterocycles. The van der Waals surface area contributed by atoms with Crippen LogP contribution < -0.4 is 19.9 Å². The van der Waals surface area contributed by atoms with Gasteiger partial charge in [-0.2, -0.15) is 0 Å². The fourth-order valence-corrected chi connectivity index (χ4v) is 3.70. The first-order valence-corrected chi connectivity index (χ1v) is 8.89. The van der Waals surface area contributed by atoms with Gasteiger partial charge in [-0.15, -0.1) is 0 Å². The number of imidazole rings is 1. The molecular weight excluding hydrogens is 356 g/mol. The van der Waals surface area contributed by atoms with Crippen LogP contribution in [-0.4, -0.2) is 36.1 Å². The average molecular weight is 374 g/mol. The Bertz CT molecular complexity index is 1120. The van der Waals surface area contributed by atoms with E-state index >= 15 is 0 Å². The maximum atomic E-state index is 12.1. The zero-order chi connectivity index (χ0) is 19.3. The maximum absolute atomic E-state index is 12.1. The van der Waals surface area contributed by atoms with Gasteiger partial charge in [0.25, 0.3) is 0 Å². The highest BCUT2D eigenvalue weighted by Crippen LogP contribution is 2.44. The predicted molar refractivity (Wildman–Crippen MR) is 106 cm³/mol. The summed E-state index contributed by atoms with van der Waals surface area (Å²) >= 11 is 0. The molecule has 0 fully saturated rings. The van der Waals surface area contributed by atoms with Crippen molar-refractivity contribution in [1.82, 2.24) is 15.0 Å². The molecule has 3 aromatic rings. The third-order valence-electron chi connectivity index (χ3n) is 4.97. The van der Waals surface area contributed by atoms with Crippen molar-refractivity contribution in [2.45, 2.75) is 0 Å². The Labute approximate surface area is 161 Å². The van der Waals surface area contributed by atoms with Crippen LogP contribution in [0.25, 0.3) is 22.8 Å². The molecule has 3 heterocycles. The number of aromatic nitrogens is 2. The summed E-state index contributed by atoms with van der Waals surface area (Å²) in [6, 6.07) is 13.8. The lowest BCUT2D eigenvalue weighted by Crippen LogP contribution is -2.46. The Hall–Kier alpha value is -3.58. The molecule has 0 unspecified atom stereocenters. The van der Waals surface area contributed by atoms with Crippen LogP contribution in [0.1, 0.15) is 5.56 Å². The number of nitrogens with zero attached hydrogens (tertiary/aromatic N) is 3. The number of benzene rings is 2. The topological polar surface area (TPSA) is 68.6 Å². The van der Waals surface area contributed by atoms with Crippen molar-refractivity contribution in [2.75, 3.05) is 25.8 Å². The van der Waals surface area contributed by atoms with E-state index in [2.05, 4.69) is 15.0 Å². The lowest BCUT2D eigenvalue weighted by atomic mass is 10.0. The van der Waals surface area contributed by atoms with Crippen molar-refractivity contribution >= 4 is 17.3 Å². The molecule has 28 heavy (non-hydrogen) atoms. The highest BCUT2D eigenvalue weighted by atomic mass is 16.5. The molecule has 7 heteroatoms. The second-order valence-electron chi connectivity index (χ2n) is 6.53. The zero-order valence-electron chi connectivity index (χ0n) is 15.5. The van der Waals surface area contributed by atoms with Crippen LogP contribution in [0.5, 0.6) is 11.5 Å². The summed E-state index contributed by atoms with van der Waals surface area (Å²) < 4.78 is 13.1. The van der Waals surface area contributed by atoms with Crippen LogP contribution in [0.3, 0.4) is 0 Å². The monoisotopic (exact) mass is 374 g/mol. The van der Waals surface area contributed by atoms with Crippen molar-refractivity contribution in [1.29, 1.82) is 0 Å². The highest BCUT2D eigenvalue weighted by molar-refractivity contribution is 6.05. The van der Waals surface area contributed by atoms with E-state index in [0.29, 0.717) is 11.5 Å². The minimum atomic E-state index is 0.0169. The summed E-state index contributed by atoms with van der Waals surface area (Å²) in [6.45, 7) is 0.234.